The third-order valence-corrected chi connectivity index (χ3v) is 12.6. The molecular weight excluding hydrogens is 746 g/mol. The molecule has 5 aliphatic heterocycles. The highest BCUT2D eigenvalue weighted by Gasteiger charge is 2.45. The van der Waals surface area contributed by atoms with Crippen molar-refractivity contribution in [2.75, 3.05) is 62.2 Å². The standard InChI is InChI=1S/C43H46ClN7O6/c1-43(2)26-50(19-16-37(43)57-31-9-11-35(45-3)34(44)25-31)40(54)27-4-6-28(7-5-27)48-20-22-49(23-21-48)29-14-17-47(18-15-29)30-8-10-32-33(24-30)42(56)51(41(32)55)36-12-13-38(52)46-39(36)53/h4-11,24-25,29,36-37H,12-23,26H2,1-2H3,(H,46,52,53). The van der Waals surface area contributed by atoms with Crippen molar-refractivity contribution in [3.63, 3.8) is 0 Å². The van der Waals surface area contributed by atoms with Gasteiger partial charge in [-0.15, -0.1) is 0 Å². The van der Waals surface area contributed by atoms with E-state index in [1.165, 1.54) is 0 Å². The predicted molar refractivity (Wildman–Crippen MR) is 215 cm³/mol. The Labute approximate surface area is 337 Å². The molecule has 13 nitrogen and oxygen atoms in total. The highest BCUT2D eigenvalue weighted by molar-refractivity contribution is 6.33. The Morgan fingerprint density at radius 1 is 0.807 bits per heavy atom. The van der Waals surface area contributed by atoms with Crippen LogP contribution in [0.3, 0.4) is 0 Å². The number of carbonyl (C=O) groups excluding carboxylic acids is 5. The molecule has 1 N–H and O–H groups in total. The minimum Gasteiger partial charge on any atom is -0.490 e. The van der Waals surface area contributed by atoms with Crippen LogP contribution in [0, 0.1) is 12.0 Å². The van der Waals surface area contributed by atoms with Crippen LogP contribution in [0.15, 0.2) is 60.7 Å². The number of anilines is 2. The van der Waals surface area contributed by atoms with E-state index in [1.807, 2.05) is 23.1 Å². The average Bonchev–Trinajstić information content (AvgIpc) is 3.46. The number of nitrogens with one attached hydrogen (secondary N) is 1. The number of imide groups is 2. The maximum atomic E-state index is 13.6. The minimum atomic E-state index is -0.975. The first-order valence-corrected chi connectivity index (χ1v) is 20.1. The van der Waals surface area contributed by atoms with Crippen molar-refractivity contribution in [2.24, 2.45) is 5.41 Å². The number of hydrogen-bond donors (Lipinski definition) is 1. The summed E-state index contributed by atoms with van der Waals surface area (Å²) in [6.07, 6.45) is 2.77. The largest absolute Gasteiger partial charge is 0.490 e. The van der Waals surface area contributed by atoms with Crippen LogP contribution in [0.2, 0.25) is 5.02 Å². The zero-order valence-electron chi connectivity index (χ0n) is 32.2. The monoisotopic (exact) mass is 791 g/mol. The molecule has 0 spiro atoms. The Hall–Kier alpha value is -5.45. The summed E-state index contributed by atoms with van der Waals surface area (Å²) >= 11 is 6.23. The van der Waals surface area contributed by atoms with E-state index >= 15 is 0 Å². The molecule has 2 atom stereocenters. The lowest BCUT2D eigenvalue weighted by Gasteiger charge is -2.44. The third kappa shape index (κ3) is 7.56. The summed E-state index contributed by atoms with van der Waals surface area (Å²) in [7, 11) is 0. The molecule has 5 heterocycles. The maximum Gasteiger partial charge on any atom is 0.262 e. The first-order chi connectivity index (χ1) is 27.4. The summed E-state index contributed by atoms with van der Waals surface area (Å²) < 4.78 is 6.31. The van der Waals surface area contributed by atoms with Crippen molar-refractivity contribution in [2.45, 2.75) is 64.1 Å². The van der Waals surface area contributed by atoms with E-state index in [-0.39, 0.29) is 30.3 Å². The third-order valence-electron chi connectivity index (χ3n) is 12.3. The fourth-order valence-corrected chi connectivity index (χ4v) is 9.24. The van der Waals surface area contributed by atoms with Gasteiger partial charge in [-0.3, -0.25) is 39.1 Å². The number of likely N-dealkylation sites (tertiary alicyclic amines) is 1. The summed E-state index contributed by atoms with van der Waals surface area (Å²) in [5, 5.41) is 2.61. The van der Waals surface area contributed by atoms with E-state index in [4.69, 9.17) is 22.9 Å². The molecule has 4 fully saturated rings. The molecule has 0 bridgehead atoms. The van der Waals surface area contributed by atoms with E-state index in [1.54, 1.807) is 30.3 Å². The van der Waals surface area contributed by atoms with Gasteiger partial charge in [-0.25, -0.2) is 4.85 Å². The molecule has 5 aliphatic rings. The van der Waals surface area contributed by atoms with Gasteiger partial charge >= 0.3 is 0 Å². The van der Waals surface area contributed by atoms with Gasteiger partial charge in [0, 0.05) is 93.6 Å². The molecule has 0 radical (unpaired) electrons. The van der Waals surface area contributed by atoms with Gasteiger partial charge in [-0.05, 0) is 73.9 Å². The molecule has 0 aliphatic carbocycles. The van der Waals surface area contributed by atoms with Crippen LogP contribution in [0.4, 0.5) is 17.1 Å². The number of halogens is 1. The molecule has 296 valence electrons. The number of amides is 5. The summed E-state index contributed by atoms with van der Waals surface area (Å²) in [5.41, 5.74) is 3.37. The minimum absolute atomic E-state index is 0.0165. The molecule has 57 heavy (non-hydrogen) atoms. The molecule has 3 aromatic carbocycles. The number of hydrogen-bond acceptors (Lipinski definition) is 9. The van der Waals surface area contributed by atoms with Crippen molar-refractivity contribution in [3.8, 4) is 5.75 Å². The number of fused-ring (bicyclic) bond motifs is 1. The van der Waals surface area contributed by atoms with Gasteiger partial charge in [0.05, 0.1) is 22.7 Å². The summed E-state index contributed by atoms with van der Waals surface area (Å²) in [4.78, 5) is 77.7. The topological polar surface area (TPSA) is 127 Å². The van der Waals surface area contributed by atoms with Crippen molar-refractivity contribution in [1.82, 2.24) is 20.0 Å². The van der Waals surface area contributed by atoms with Crippen molar-refractivity contribution in [3.05, 3.63) is 93.8 Å². The molecule has 8 rings (SSSR count). The average molecular weight is 792 g/mol. The van der Waals surface area contributed by atoms with E-state index < -0.39 is 29.7 Å². The highest BCUT2D eigenvalue weighted by atomic mass is 35.5. The Morgan fingerprint density at radius 2 is 1.49 bits per heavy atom. The molecule has 2 unspecified atom stereocenters. The van der Waals surface area contributed by atoms with Crippen LogP contribution in [-0.4, -0.2) is 115 Å². The van der Waals surface area contributed by atoms with Crippen LogP contribution in [0.5, 0.6) is 5.75 Å². The highest BCUT2D eigenvalue weighted by Crippen LogP contribution is 2.37. The van der Waals surface area contributed by atoms with E-state index in [0.717, 1.165) is 68.4 Å². The molecule has 0 aromatic heterocycles. The van der Waals surface area contributed by atoms with Crippen LogP contribution >= 0.6 is 11.6 Å². The van der Waals surface area contributed by atoms with Crippen molar-refractivity contribution >= 4 is 58.2 Å². The SMILES string of the molecule is [C-]#[N+]c1ccc(OC2CCN(C(=O)c3ccc(N4CCN(C5CCN(c6ccc7c(c6)C(=O)N(C6CCC(=O)NC6=O)C7=O)CC5)CC4)cc3)CC2(C)C)cc1Cl. The molecular formula is C43H46ClN7O6. The molecule has 3 aromatic rings. The van der Waals surface area contributed by atoms with Gasteiger partial charge in [-0.2, -0.15) is 0 Å². The van der Waals surface area contributed by atoms with Crippen molar-refractivity contribution < 1.29 is 28.7 Å². The van der Waals surface area contributed by atoms with Crippen LogP contribution in [-0.2, 0) is 9.59 Å². The number of benzene rings is 3. The molecule has 14 heteroatoms. The van der Waals surface area contributed by atoms with Crippen molar-refractivity contribution in [1.29, 1.82) is 0 Å². The van der Waals surface area contributed by atoms with Gasteiger partial charge in [-0.1, -0.05) is 31.5 Å². The lowest BCUT2D eigenvalue weighted by atomic mass is 9.80. The predicted octanol–water partition coefficient (Wildman–Crippen LogP) is 5.40. The number of rotatable bonds is 7. The Kier molecular flexibility index (Phi) is 10.4. The second kappa shape index (κ2) is 15.5. The van der Waals surface area contributed by atoms with Gasteiger partial charge < -0.3 is 19.4 Å². The van der Waals surface area contributed by atoms with E-state index in [0.29, 0.717) is 58.7 Å². The van der Waals surface area contributed by atoms with Gasteiger partial charge in [0.15, 0.2) is 0 Å². The Morgan fingerprint density at radius 3 is 2.16 bits per heavy atom. The summed E-state index contributed by atoms with van der Waals surface area (Å²) in [5.74, 6) is -1.33. The lowest BCUT2D eigenvalue weighted by molar-refractivity contribution is -0.136. The first kappa shape index (κ1) is 38.4. The fraction of sp³-hybridized carbons (Fsp3) is 0.442. The van der Waals surface area contributed by atoms with Crippen LogP contribution in [0.25, 0.3) is 4.85 Å². The number of carbonyl (C=O) groups is 5. The Bertz CT molecular complexity index is 2150. The number of piperazine rings is 1. The zero-order chi connectivity index (χ0) is 40.0. The molecule has 4 saturated heterocycles. The number of piperidine rings is 3. The van der Waals surface area contributed by atoms with Gasteiger partial charge in [0.25, 0.3) is 17.7 Å². The smallest absolute Gasteiger partial charge is 0.262 e. The van der Waals surface area contributed by atoms with E-state index in [9.17, 15) is 24.0 Å². The fourth-order valence-electron chi connectivity index (χ4n) is 9.03. The quantitative estimate of drug-likeness (QED) is 0.247. The lowest BCUT2D eigenvalue weighted by Crippen LogP contribution is -2.54. The second-order valence-corrected chi connectivity index (χ2v) is 16.7. The summed E-state index contributed by atoms with van der Waals surface area (Å²) in [6, 6.07) is 17.9. The normalized spacial score (nSPS) is 23.0. The second-order valence-electron chi connectivity index (χ2n) is 16.3. The number of nitrogens with zero attached hydrogens (tertiary/aromatic N) is 6. The molecule has 0 saturated carbocycles. The first-order valence-electron chi connectivity index (χ1n) is 19.7. The molecule has 5 amide bonds. The van der Waals surface area contributed by atoms with Crippen LogP contribution < -0.4 is 19.9 Å². The van der Waals surface area contributed by atoms with Gasteiger partial charge in [0.1, 0.15) is 17.9 Å². The maximum absolute atomic E-state index is 13.6. The van der Waals surface area contributed by atoms with Gasteiger partial charge in [0.2, 0.25) is 17.5 Å². The number of ether oxygens (including phenoxy) is 1. The summed E-state index contributed by atoms with van der Waals surface area (Å²) in [6.45, 7) is 17.9. The Balaban J connectivity index is 0.805. The van der Waals surface area contributed by atoms with Crippen LogP contribution in [0.1, 0.15) is 77.0 Å². The zero-order valence-corrected chi connectivity index (χ0v) is 33.0. The van der Waals surface area contributed by atoms with E-state index in [2.05, 4.69) is 50.8 Å².